The highest BCUT2D eigenvalue weighted by molar-refractivity contribution is 9.10. The maximum atomic E-state index is 12.5. The molecule has 0 unspecified atom stereocenters. The third-order valence-corrected chi connectivity index (χ3v) is 4.94. The lowest BCUT2D eigenvalue weighted by Crippen LogP contribution is -2.26. The van der Waals surface area contributed by atoms with Crippen molar-refractivity contribution in [2.75, 3.05) is 0 Å². The van der Waals surface area contributed by atoms with Crippen molar-refractivity contribution in [1.82, 2.24) is 14.5 Å². The van der Waals surface area contributed by atoms with E-state index in [-0.39, 0.29) is 11.6 Å². The van der Waals surface area contributed by atoms with Crippen LogP contribution in [0.5, 0.6) is 0 Å². The van der Waals surface area contributed by atoms with E-state index in [1.165, 1.54) is 0 Å². The van der Waals surface area contributed by atoms with Gasteiger partial charge in [-0.15, -0.1) is 0 Å². The van der Waals surface area contributed by atoms with Gasteiger partial charge in [0, 0.05) is 17.6 Å². The van der Waals surface area contributed by atoms with E-state index in [2.05, 4.69) is 25.9 Å². The van der Waals surface area contributed by atoms with E-state index in [4.69, 9.17) is 11.6 Å². The predicted octanol–water partition coefficient (Wildman–Crippen LogP) is 2.67. The predicted molar refractivity (Wildman–Crippen MR) is 74.3 cm³/mol. The Morgan fingerprint density at radius 3 is 2.79 bits per heavy atom. The van der Waals surface area contributed by atoms with Crippen molar-refractivity contribution in [3.8, 4) is 0 Å². The van der Waals surface area contributed by atoms with Crippen molar-refractivity contribution in [2.24, 2.45) is 0 Å². The average molecular weight is 344 g/mol. The summed E-state index contributed by atoms with van der Waals surface area (Å²) in [7, 11) is 0. The topological polar surface area (TPSA) is 47.8 Å². The molecule has 2 aromatic heterocycles. The molecule has 100 valence electrons. The second-order valence-electron chi connectivity index (χ2n) is 4.94. The molecule has 1 aliphatic rings. The third kappa shape index (κ3) is 2.09. The molecule has 1 aliphatic carbocycles. The first-order valence-electron chi connectivity index (χ1n) is 6.34. The first kappa shape index (κ1) is 13.1. The van der Waals surface area contributed by atoms with Crippen LogP contribution in [0, 0.1) is 18.5 Å². The lowest BCUT2D eigenvalue weighted by molar-refractivity contribution is -0.303. The number of nitrogens with zero attached hydrogens (tertiary/aromatic N) is 3. The Kier molecular flexibility index (Phi) is 3.35. The minimum Gasteiger partial charge on any atom is -0.288 e. The monoisotopic (exact) mass is 342 g/mol. The fraction of sp³-hybridized carbons (Fsp3) is 0.462. The quantitative estimate of drug-likeness (QED) is 0.748. The fourth-order valence-electron chi connectivity index (χ4n) is 2.79. The van der Waals surface area contributed by atoms with Crippen molar-refractivity contribution in [3.63, 3.8) is 0 Å². The van der Waals surface area contributed by atoms with E-state index in [0.717, 1.165) is 36.6 Å². The van der Waals surface area contributed by atoms with E-state index in [1.807, 2.05) is 6.92 Å². The molecule has 19 heavy (non-hydrogen) atoms. The Morgan fingerprint density at radius 2 is 2.11 bits per heavy atom. The summed E-state index contributed by atoms with van der Waals surface area (Å²) in [6.07, 6.45) is 6.10. The van der Waals surface area contributed by atoms with Crippen LogP contribution in [0.2, 0.25) is 5.28 Å². The summed E-state index contributed by atoms with van der Waals surface area (Å²) in [6.45, 7) is 1.90. The maximum absolute atomic E-state index is 12.5. The summed E-state index contributed by atoms with van der Waals surface area (Å²) in [4.78, 5) is 20.9. The van der Waals surface area contributed by atoms with Crippen LogP contribution < -0.4 is 5.56 Å². The highest BCUT2D eigenvalue weighted by Crippen LogP contribution is 2.32. The van der Waals surface area contributed by atoms with Crippen LogP contribution in [0.4, 0.5) is 0 Å². The Labute approximate surface area is 123 Å². The number of fused-ring (bicyclic) bond motifs is 1. The second kappa shape index (κ2) is 4.87. The van der Waals surface area contributed by atoms with Crippen LogP contribution in [0.1, 0.15) is 37.3 Å². The number of pyridine rings is 1. The molecule has 0 N–H and O–H groups in total. The van der Waals surface area contributed by atoms with E-state index in [9.17, 15) is 4.79 Å². The van der Waals surface area contributed by atoms with Gasteiger partial charge in [0.15, 0.2) is 17.2 Å². The largest absolute Gasteiger partial charge is 0.419 e. The standard InChI is InChI=1S/C13H14BrClN3O/c1-7-9-6-16-13(15)17-11(9)18(12(19)10(7)14)8-4-2-3-5-8/h6,8,15H,2-5H2,1H3/q+1. The van der Waals surface area contributed by atoms with Gasteiger partial charge in [0.1, 0.15) is 0 Å². The SMILES string of the molecule is Cc1c(Br)c(=O)n(C2CCCC2)c2nc([ClH+])ncc12. The summed E-state index contributed by atoms with van der Waals surface area (Å²) < 4.78 is 2.41. The summed E-state index contributed by atoms with van der Waals surface area (Å²) >= 11 is 8.45. The number of aryl methyl sites for hydroxylation is 1. The summed E-state index contributed by atoms with van der Waals surface area (Å²) in [5.41, 5.74) is 1.55. The molecular weight excluding hydrogens is 330 g/mol. The summed E-state index contributed by atoms with van der Waals surface area (Å²) in [6, 6.07) is 0.233. The van der Waals surface area contributed by atoms with Gasteiger partial charge in [0.25, 0.3) is 5.56 Å². The molecule has 0 atom stereocenters. The number of hydrogen-bond donors (Lipinski definition) is 0. The molecule has 4 nitrogen and oxygen atoms in total. The molecule has 0 spiro atoms. The highest BCUT2D eigenvalue weighted by atomic mass is 79.9. The van der Waals surface area contributed by atoms with Crippen LogP contribution in [-0.2, 0) is 0 Å². The lowest BCUT2D eigenvalue weighted by Gasteiger charge is -2.17. The van der Waals surface area contributed by atoms with Crippen molar-refractivity contribution in [2.45, 2.75) is 38.6 Å². The Bertz CT molecular complexity index is 707. The van der Waals surface area contributed by atoms with E-state index in [0.29, 0.717) is 15.4 Å². The van der Waals surface area contributed by atoms with Gasteiger partial charge in [0.2, 0.25) is 0 Å². The van der Waals surface area contributed by atoms with Gasteiger partial charge in [0.05, 0.1) is 4.47 Å². The Morgan fingerprint density at radius 1 is 1.42 bits per heavy atom. The first-order valence-corrected chi connectivity index (χ1v) is 7.54. The zero-order valence-electron chi connectivity index (χ0n) is 10.5. The third-order valence-electron chi connectivity index (χ3n) is 3.80. The summed E-state index contributed by atoms with van der Waals surface area (Å²) in [5, 5.41) is 1.19. The smallest absolute Gasteiger partial charge is 0.288 e. The van der Waals surface area contributed by atoms with Gasteiger partial charge in [-0.05, 0) is 41.3 Å². The molecular formula is C13H14BrClN3O+. The molecule has 0 bridgehead atoms. The molecule has 2 aromatic rings. The minimum absolute atomic E-state index is 0.00926. The number of halogens is 2. The van der Waals surface area contributed by atoms with Gasteiger partial charge < -0.3 is 0 Å². The molecule has 3 rings (SSSR count). The molecule has 0 amide bonds. The van der Waals surface area contributed by atoms with Crippen molar-refractivity contribution < 1.29 is 11.6 Å². The van der Waals surface area contributed by atoms with E-state index in [1.54, 1.807) is 10.8 Å². The Balaban J connectivity index is 2.40. The molecule has 6 heteroatoms. The van der Waals surface area contributed by atoms with Crippen LogP contribution in [0.25, 0.3) is 11.0 Å². The summed E-state index contributed by atoms with van der Waals surface area (Å²) in [5.74, 6) is 0. The van der Waals surface area contributed by atoms with Gasteiger partial charge in [-0.1, -0.05) is 12.8 Å². The first-order chi connectivity index (χ1) is 9.09. The Hall–Kier alpha value is -0.940. The maximum Gasteiger partial charge on any atom is 0.419 e. The lowest BCUT2D eigenvalue weighted by atomic mass is 10.1. The van der Waals surface area contributed by atoms with Crippen LogP contribution >= 0.6 is 15.9 Å². The molecule has 0 aliphatic heterocycles. The number of hydrogen-bond acceptors (Lipinski definition) is 3. The highest BCUT2D eigenvalue weighted by Gasteiger charge is 2.24. The second-order valence-corrected chi connectivity index (χ2v) is 6.10. The molecule has 2 heterocycles. The molecule has 1 fully saturated rings. The van der Waals surface area contributed by atoms with Gasteiger partial charge in [-0.25, -0.2) is 0 Å². The average Bonchev–Trinajstić information content (AvgIpc) is 2.90. The van der Waals surface area contributed by atoms with E-state index >= 15 is 0 Å². The van der Waals surface area contributed by atoms with Gasteiger partial charge >= 0.3 is 5.28 Å². The zero-order chi connectivity index (χ0) is 13.6. The van der Waals surface area contributed by atoms with Crippen LogP contribution in [0.15, 0.2) is 15.5 Å². The van der Waals surface area contributed by atoms with Crippen LogP contribution in [0.3, 0.4) is 0 Å². The van der Waals surface area contributed by atoms with Gasteiger partial charge in [-0.3, -0.25) is 9.36 Å². The normalized spacial score (nSPS) is 16.4. The fourth-order valence-corrected chi connectivity index (χ4v) is 3.33. The number of rotatable bonds is 1. The molecule has 1 saturated carbocycles. The van der Waals surface area contributed by atoms with Crippen molar-refractivity contribution in [3.05, 3.63) is 31.9 Å². The van der Waals surface area contributed by atoms with E-state index < -0.39 is 0 Å². The van der Waals surface area contributed by atoms with Crippen molar-refractivity contribution >= 4 is 27.0 Å². The minimum atomic E-state index is -0.00926. The zero-order valence-corrected chi connectivity index (χ0v) is 12.9. The molecule has 0 saturated heterocycles. The molecule has 0 radical (unpaired) electrons. The van der Waals surface area contributed by atoms with Crippen LogP contribution in [-0.4, -0.2) is 14.5 Å². The van der Waals surface area contributed by atoms with Crippen molar-refractivity contribution in [1.29, 1.82) is 0 Å². The molecule has 0 aromatic carbocycles. The number of aromatic nitrogens is 3. The van der Waals surface area contributed by atoms with Gasteiger partial charge in [-0.2, -0.15) is 9.97 Å².